The second-order valence-corrected chi connectivity index (χ2v) is 14.6. The third kappa shape index (κ3) is 5.73. The van der Waals surface area contributed by atoms with Gasteiger partial charge in [-0.15, -0.1) is 11.3 Å². The highest BCUT2D eigenvalue weighted by Crippen LogP contribution is 2.48. The molecule has 3 fully saturated rings. The van der Waals surface area contributed by atoms with E-state index < -0.39 is 77.8 Å². The molecule has 1 aromatic heterocycles. The number of nitriles is 1. The summed E-state index contributed by atoms with van der Waals surface area (Å²) in [4.78, 5) is 24.0. The summed E-state index contributed by atoms with van der Waals surface area (Å²) in [5, 5.41) is 8.14. The van der Waals surface area contributed by atoms with E-state index >= 15 is 4.39 Å². The molecule has 4 heterocycles. The van der Waals surface area contributed by atoms with Gasteiger partial charge in [0.2, 0.25) is 5.82 Å². The van der Waals surface area contributed by atoms with Crippen LogP contribution in [0.2, 0.25) is 0 Å². The summed E-state index contributed by atoms with van der Waals surface area (Å²) in [7, 11) is -10.5. The molecule has 0 radical (unpaired) electrons. The van der Waals surface area contributed by atoms with Crippen LogP contribution in [0.5, 0.6) is 5.75 Å². The molecule has 0 aliphatic carbocycles. The fourth-order valence-corrected chi connectivity index (χ4v) is 9.06. The molecule has 2 atom stereocenters. The van der Waals surface area contributed by atoms with Gasteiger partial charge in [-0.1, -0.05) is 6.07 Å². The van der Waals surface area contributed by atoms with E-state index in [0.717, 1.165) is 55.9 Å². The Bertz CT molecular complexity index is 1700. The molecule has 2 N–H and O–H groups in total. The largest absolute Gasteiger partial charge is 0.777 e. The number of piperazine rings is 3. The van der Waals surface area contributed by atoms with Gasteiger partial charge in [0.1, 0.15) is 35.0 Å². The number of hydrogen-bond donors (Lipinski definition) is 2. The van der Waals surface area contributed by atoms with Crippen molar-refractivity contribution in [1.82, 2.24) is 9.62 Å². The van der Waals surface area contributed by atoms with Gasteiger partial charge in [-0.3, -0.25) is 4.90 Å². The molecular formula is C24H23F4N4O6PS2. The van der Waals surface area contributed by atoms with Crippen molar-refractivity contribution in [3.63, 3.8) is 0 Å². The maximum Gasteiger partial charge on any atom is 0.251 e. The first-order valence-corrected chi connectivity index (χ1v) is 16.2. The van der Waals surface area contributed by atoms with Gasteiger partial charge in [0.25, 0.3) is 10.0 Å². The van der Waals surface area contributed by atoms with Crippen molar-refractivity contribution in [3.8, 4) is 11.8 Å². The van der Waals surface area contributed by atoms with Crippen molar-refractivity contribution >= 4 is 39.0 Å². The lowest BCUT2D eigenvalue weighted by molar-refractivity contribution is -0.940. The Morgan fingerprint density at radius 2 is 1.80 bits per heavy atom. The number of hydrogen-bond acceptors (Lipinski definition) is 8. The molecule has 3 aliphatic rings. The maximum absolute atomic E-state index is 15.3. The van der Waals surface area contributed by atoms with Crippen molar-refractivity contribution in [2.24, 2.45) is 0 Å². The number of rotatable bonds is 9. The molecule has 220 valence electrons. The molecule has 2 unspecified atom stereocenters. The average Bonchev–Trinajstić information content (AvgIpc) is 3.40. The van der Waals surface area contributed by atoms with Gasteiger partial charge in [0.15, 0.2) is 25.0 Å². The number of ether oxygens (including phenoxy) is 1. The van der Waals surface area contributed by atoms with Crippen LogP contribution in [0.4, 0.5) is 17.6 Å². The molecule has 0 amide bonds. The van der Waals surface area contributed by atoms with Gasteiger partial charge < -0.3 is 23.6 Å². The summed E-state index contributed by atoms with van der Waals surface area (Å²) in [5.74, 6) is -9.10. The summed E-state index contributed by atoms with van der Waals surface area (Å²) < 4.78 is 104. The van der Waals surface area contributed by atoms with Crippen LogP contribution in [0.1, 0.15) is 16.9 Å². The Hall–Kier alpha value is -2.61. The predicted molar refractivity (Wildman–Crippen MR) is 137 cm³/mol. The Labute approximate surface area is 236 Å². The van der Waals surface area contributed by atoms with Crippen molar-refractivity contribution in [3.05, 3.63) is 58.7 Å². The first kappa shape index (κ1) is 29.9. The van der Waals surface area contributed by atoms with Gasteiger partial charge in [0.05, 0.1) is 29.9 Å². The number of nitrogens with zero attached hydrogens (tertiary/aromatic N) is 3. The van der Waals surface area contributed by atoms with Gasteiger partial charge >= 0.3 is 0 Å². The van der Waals surface area contributed by atoms with Crippen molar-refractivity contribution < 1.29 is 49.6 Å². The number of fused-ring (bicyclic) bond motifs is 4. The number of sulfonamides is 1. The third-order valence-electron chi connectivity index (χ3n) is 7.51. The summed E-state index contributed by atoms with van der Waals surface area (Å²) >= 11 is 0.185. The minimum atomic E-state index is -5.57. The van der Waals surface area contributed by atoms with Crippen molar-refractivity contribution in [2.45, 2.75) is 9.99 Å². The number of quaternary nitrogens is 1. The molecule has 0 saturated carbocycles. The Kier molecular flexibility index (Phi) is 7.94. The molecule has 2 bridgehead atoms. The van der Waals surface area contributed by atoms with E-state index in [1.165, 1.54) is 6.07 Å². The number of thiophene rings is 1. The lowest BCUT2D eigenvalue weighted by Crippen LogP contribution is -2.68. The number of benzene rings is 2. The van der Waals surface area contributed by atoms with Gasteiger partial charge in [0, 0.05) is 25.0 Å². The fraction of sp³-hybridized carbons (Fsp3) is 0.375. The molecule has 6 rings (SSSR count). The summed E-state index contributed by atoms with van der Waals surface area (Å²) in [6.45, 7) is 5.65. The first-order valence-electron chi connectivity index (χ1n) is 12.3. The summed E-state index contributed by atoms with van der Waals surface area (Å²) in [5.41, 5.74) is -1.03. The smallest absolute Gasteiger partial charge is 0.251 e. The molecule has 2 aromatic carbocycles. The highest BCUT2D eigenvalue weighted by atomic mass is 32.2. The van der Waals surface area contributed by atoms with Crippen molar-refractivity contribution in [1.29, 1.82) is 5.26 Å². The highest BCUT2D eigenvalue weighted by molar-refractivity contribution is 7.92. The molecule has 41 heavy (non-hydrogen) atoms. The van der Waals surface area contributed by atoms with Crippen LogP contribution in [-0.2, 0) is 14.6 Å². The zero-order chi connectivity index (χ0) is 29.7. The highest BCUT2D eigenvalue weighted by Gasteiger charge is 2.38. The lowest BCUT2D eigenvalue weighted by atomic mass is 10.1. The van der Waals surface area contributed by atoms with Crippen LogP contribution in [-0.4, -0.2) is 75.1 Å². The van der Waals surface area contributed by atoms with E-state index in [2.05, 4.69) is 4.90 Å². The van der Waals surface area contributed by atoms with E-state index in [-0.39, 0.29) is 17.9 Å². The van der Waals surface area contributed by atoms with Crippen LogP contribution in [0.3, 0.4) is 0 Å². The zero-order valence-corrected chi connectivity index (χ0v) is 23.7. The normalized spacial score (nSPS) is 22.8. The molecule has 3 aromatic rings. The van der Waals surface area contributed by atoms with Crippen LogP contribution in [0, 0.1) is 34.6 Å². The van der Waals surface area contributed by atoms with E-state index in [0.29, 0.717) is 18.7 Å². The van der Waals surface area contributed by atoms with Gasteiger partial charge in [-0.2, -0.15) is 14.4 Å². The Morgan fingerprint density at radius 3 is 2.39 bits per heavy atom. The topological polar surface area (TPSA) is 143 Å². The van der Waals surface area contributed by atoms with Crippen LogP contribution in [0.25, 0.3) is 10.1 Å². The van der Waals surface area contributed by atoms with E-state index in [1.807, 2.05) is 0 Å². The SMILES string of the molecule is N#Cc1ccc(C(NS(=O)(=O)c2cc3c(F)c(F)c(OCC[N+]45CCN(CC4)CC5)c(F)c3s2)P(=O)([O-])O)cc1F. The van der Waals surface area contributed by atoms with Crippen LogP contribution < -0.4 is 14.4 Å². The van der Waals surface area contributed by atoms with E-state index in [4.69, 9.17) is 10.00 Å². The quantitative estimate of drug-likeness (QED) is 0.158. The minimum absolute atomic E-state index is 0.102. The fourth-order valence-electron chi connectivity index (χ4n) is 5.10. The Morgan fingerprint density at radius 1 is 1.15 bits per heavy atom. The van der Waals surface area contributed by atoms with Gasteiger partial charge in [-0.05, 0) is 23.8 Å². The molecular weight excluding hydrogens is 611 g/mol. The van der Waals surface area contributed by atoms with Gasteiger partial charge in [-0.25, -0.2) is 21.6 Å². The molecule has 0 spiro atoms. The third-order valence-corrected chi connectivity index (χ3v) is 11.8. The number of nitrogens with one attached hydrogen (secondary N) is 1. The van der Waals surface area contributed by atoms with Crippen LogP contribution in [0.15, 0.2) is 28.5 Å². The predicted octanol–water partition coefficient (Wildman–Crippen LogP) is 2.38. The monoisotopic (exact) mass is 634 g/mol. The zero-order valence-electron chi connectivity index (χ0n) is 21.1. The lowest BCUT2D eigenvalue weighted by Gasteiger charge is -2.50. The maximum atomic E-state index is 15.3. The second kappa shape index (κ2) is 10.9. The van der Waals surface area contributed by atoms with Crippen molar-refractivity contribution in [2.75, 3.05) is 52.4 Å². The standard InChI is InChI=1S/C24H23F4N4O6PS2/c25-17-11-14(1-2-15(17)13-29)24(39(33,34)35)30-41(36,37)18-12-16-19(26)20(27)22(21(28)23(16)40-18)38-10-9-32-6-3-31(4-7-32)5-8-32/h1-2,11-12,24,30H,3-10H2,(H-,33,34,35). The number of halogens is 4. The summed E-state index contributed by atoms with van der Waals surface area (Å²) in [6.07, 6.45) is 0. The first-order chi connectivity index (χ1) is 19.2. The molecule has 10 nitrogen and oxygen atoms in total. The second-order valence-electron chi connectivity index (χ2n) is 9.94. The van der Waals surface area contributed by atoms with Crippen LogP contribution >= 0.6 is 18.9 Å². The average molecular weight is 635 g/mol. The van der Waals surface area contributed by atoms with E-state index in [1.54, 1.807) is 4.72 Å². The molecule has 3 saturated heterocycles. The Balaban J connectivity index is 1.43. The molecule has 3 aliphatic heterocycles. The molecule has 17 heteroatoms. The van der Waals surface area contributed by atoms with E-state index in [9.17, 15) is 35.9 Å². The minimum Gasteiger partial charge on any atom is -0.777 e. The summed E-state index contributed by atoms with van der Waals surface area (Å²) in [6, 6.07) is 4.46.